The first-order chi connectivity index (χ1) is 10.4. The van der Waals surface area contributed by atoms with Gasteiger partial charge in [-0.3, -0.25) is 14.9 Å². The molecule has 22 heavy (non-hydrogen) atoms. The highest BCUT2D eigenvalue weighted by Gasteiger charge is 2.51. The standard InChI is InChI=1S/C15H25N3O4/c1-6(2)10-4-7-11(5-17-10)22-14-8(12(7)19)3-9(15(20)21)13(16)18-14/h6-11,13-14,17-18H,3-5,16H2,1-2H3,(H,20,21). The Morgan fingerprint density at radius 2 is 2.09 bits per heavy atom. The SMILES string of the molecule is CC(C)C1CC2C(=O)C3CC(C(=O)O)C(N)NC3OC2CN1. The molecule has 3 fully saturated rings. The van der Waals surface area contributed by atoms with E-state index in [9.17, 15) is 14.7 Å². The molecule has 5 N–H and O–H groups in total. The van der Waals surface area contributed by atoms with Crippen molar-refractivity contribution in [1.82, 2.24) is 10.6 Å². The zero-order chi connectivity index (χ0) is 16.0. The average Bonchev–Trinajstić information content (AvgIpc) is 2.46. The fraction of sp³-hybridized carbons (Fsp3) is 0.867. The molecule has 0 amide bonds. The summed E-state index contributed by atoms with van der Waals surface area (Å²) in [7, 11) is 0. The normalized spacial score (nSPS) is 45.3. The van der Waals surface area contributed by atoms with E-state index in [-0.39, 0.29) is 24.2 Å². The molecule has 0 aromatic rings. The van der Waals surface area contributed by atoms with Gasteiger partial charge in [0.15, 0.2) is 0 Å². The van der Waals surface area contributed by atoms with E-state index in [0.29, 0.717) is 18.5 Å². The van der Waals surface area contributed by atoms with Crippen LogP contribution in [0.3, 0.4) is 0 Å². The Morgan fingerprint density at radius 1 is 1.36 bits per heavy atom. The van der Waals surface area contributed by atoms with Gasteiger partial charge in [-0.2, -0.15) is 0 Å². The van der Waals surface area contributed by atoms with E-state index in [0.717, 1.165) is 6.42 Å². The largest absolute Gasteiger partial charge is 0.481 e. The summed E-state index contributed by atoms with van der Waals surface area (Å²) in [4.78, 5) is 24.1. The number of ketones is 1. The molecule has 7 heteroatoms. The van der Waals surface area contributed by atoms with Crippen LogP contribution in [-0.4, -0.2) is 47.9 Å². The van der Waals surface area contributed by atoms with Crippen LogP contribution < -0.4 is 16.4 Å². The quantitative estimate of drug-likeness (QED) is 0.544. The van der Waals surface area contributed by atoms with Crippen molar-refractivity contribution in [2.24, 2.45) is 29.4 Å². The smallest absolute Gasteiger partial charge is 0.309 e. The van der Waals surface area contributed by atoms with Gasteiger partial charge in [-0.15, -0.1) is 0 Å². The third-order valence-electron chi connectivity index (χ3n) is 5.38. The number of carbonyl (C=O) groups excluding carboxylic acids is 1. The Balaban J connectivity index is 1.76. The van der Waals surface area contributed by atoms with E-state index in [2.05, 4.69) is 24.5 Å². The minimum Gasteiger partial charge on any atom is -0.481 e. The number of nitrogens with one attached hydrogen (secondary N) is 2. The van der Waals surface area contributed by atoms with Crippen molar-refractivity contribution in [1.29, 1.82) is 0 Å². The molecule has 0 aliphatic carbocycles. The van der Waals surface area contributed by atoms with E-state index in [1.165, 1.54) is 0 Å². The van der Waals surface area contributed by atoms with Crippen molar-refractivity contribution in [2.45, 2.75) is 51.2 Å². The van der Waals surface area contributed by atoms with Gasteiger partial charge < -0.3 is 20.9 Å². The average molecular weight is 311 g/mol. The zero-order valence-electron chi connectivity index (χ0n) is 13.0. The molecule has 3 aliphatic heterocycles. The highest BCUT2D eigenvalue weighted by molar-refractivity contribution is 5.86. The topological polar surface area (TPSA) is 114 Å². The van der Waals surface area contributed by atoms with Crippen molar-refractivity contribution in [3.05, 3.63) is 0 Å². The van der Waals surface area contributed by atoms with Crippen LogP contribution in [-0.2, 0) is 14.3 Å². The molecule has 0 saturated carbocycles. The molecule has 3 rings (SSSR count). The van der Waals surface area contributed by atoms with Gasteiger partial charge in [-0.25, -0.2) is 0 Å². The van der Waals surface area contributed by atoms with Gasteiger partial charge >= 0.3 is 5.97 Å². The lowest BCUT2D eigenvalue weighted by molar-refractivity contribution is -0.181. The number of piperidine rings is 2. The van der Waals surface area contributed by atoms with Crippen LogP contribution in [0.5, 0.6) is 0 Å². The van der Waals surface area contributed by atoms with Crippen LogP contribution in [0.1, 0.15) is 26.7 Å². The Kier molecular flexibility index (Phi) is 4.24. The summed E-state index contributed by atoms with van der Waals surface area (Å²) in [6, 6.07) is 0.305. The third-order valence-corrected chi connectivity index (χ3v) is 5.38. The van der Waals surface area contributed by atoms with Crippen LogP contribution in [0.15, 0.2) is 0 Å². The van der Waals surface area contributed by atoms with Gasteiger partial charge in [0, 0.05) is 18.5 Å². The van der Waals surface area contributed by atoms with Crippen LogP contribution in [0, 0.1) is 23.7 Å². The minimum absolute atomic E-state index is 0.138. The van der Waals surface area contributed by atoms with Crippen molar-refractivity contribution < 1.29 is 19.4 Å². The first-order valence-corrected chi connectivity index (χ1v) is 8.05. The lowest BCUT2D eigenvalue weighted by Crippen LogP contribution is -2.67. The zero-order valence-corrected chi connectivity index (χ0v) is 13.0. The Labute approximate surface area is 130 Å². The molecule has 0 spiro atoms. The molecule has 7 atom stereocenters. The van der Waals surface area contributed by atoms with Gasteiger partial charge in [-0.05, 0) is 18.8 Å². The second-order valence-electron chi connectivity index (χ2n) is 7.08. The number of Topliss-reactive ketones (excluding diaryl/α,β-unsaturated/α-hetero) is 1. The van der Waals surface area contributed by atoms with Gasteiger partial charge in [-0.1, -0.05) is 13.8 Å². The number of carboxylic acids is 1. The van der Waals surface area contributed by atoms with E-state index in [1.54, 1.807) is 0 Å². The molecule has 0 aromatic carbocycles. The second-order valence-corrected chi connectivity index (χ2v) is 7.08. The van der Waals surface area contributed by atoms with E-state index in [1.807, 2.05) is 0 Å². The summed E-state index contributed by atoms with van der Waals surface area (Å²) in [6.07, 6.45) is -0.269. The number of rotatable bonds is 2. The number of carboxylic acid groups (broad SMARTS) is 1. The van der Waals surface area contributed by atoms with Gasteiger partial charge in [0.1, 0.15) is 12.0 Å². The number of fused-ring (bicyclic) bond motifs is 2. The van der Waals surface area contributed by atoms with Gasteiger partial charge in [0.2, 0.25) is 0 Å². The molecule has 7 nitrogen and oxygen atoms in total. The summed E-state index contributed by atoms with van der Waals surface area (Å²) >= 11 is 0. The number of hydrogen-bond acceptors (Lipinski definition) is 6. The molecule has 3 aliphatic rings. The molecule has 7 unspecified atom stereocenters. The Morgan fingerprint density at radius 3 is 2.73 bits per heavy atom. The van der Waals surface area contributed by atoms with Crippen LogP contribution in [0.25, 0.3) is 0 Å². The fourth-order valence-electron chi connectivity index (χ4n) is 3.95. The predicted octanol–water partition coefficient (Wildman–Crippen LogP) is -0.490. The van der Waals surface area contributed by atoms with Crippen molar-refractivity contribution in [2.75, 3.05) is 6.54 Å². The maximum atomic E-state index is 12.9. The van der Waals surface area contributed by atoms with E-state index >= 15 is 0 Å². The number of nitrogens with two attached hydrogens (primary N) is 1. The first kappa shape index (κ1) is 15.9. The number of ether oxygens (including phenoxy) is 1. The lowest BCUT2D eigenvalue weighted by atomic mass is 9.72. The molecular formula is C15H25N3O4. The molecule has 124 valence electrons. The molecular weight excluding hydrogens is 286 g/mol. The van der Waals surface area contributed by atoms with Crippen LogP contribution in [0.2, 0.25) is 0 Å². The maximum Gasteiger partial charge on any atom is 0.309 e. The molecule has 3 heterocycles. The maximum absolute atomic E-state index is 12.9. The Hall–Kier alpha value is -1.02. The van der Waals surface area contributed by atoms with Crippen molar-refractivity contribution in [3.63, 3.8) is 0 Å². The summed E-state index contributed by atoms with van der Waals surface area (Å²) in [5.41, 5.74) is 5.86. The number of carbonyl (C=O) groups is 2. The predicted molar refractivity (Wildman–Crippen MR) is 78.7 cm³/mol. The van der Waals surface area contributed by atoms with Gasteiger partial charge in [0.25, 0.3) is 0 Å². The van der Waals surface area contributed by atoms with E-state index in [4.69, 9.17) is 10.5 Å². The number of aliphatic carboxylic acids is 1. The van der Waals surface area contributed by atoms with Crippen LogP contribution >= 0.6 is 0 Å². The summed E-state index contributed by atoms with van der Waals surface area (Å²) in [5, 5.41) is 15.7. The summed E-state index contributed by atoms with van der Waals surface area (Å²) in [5.74, 6) is -1.66. The molecule has 0 radical (unpaired) electrons. The molecule has 0 bridgehead atoms. The summed E-state index contributed by atoms with van der Waals surface area (Å²) in [6.45, 7) is 4.93. The number of hydrogen-bond donors (Lipinski definition) is 4. The van der Waals surface area contributed by atoms with E-state index < -0.39 is 30.2 Å². The van der Waals surface area contributed by atoms with Crippen molar-refractivity contribution in [3.8, 4) is 0 Å². The molecule has 0 aromatic heterocycles. The monoisotopic (exact) mass is 311 g/mol. The highest BCUT2D eigenvalue weighted by Crippen LogP contribution is 2.37. The lowest BCUT2D eigenvalue weighted by Gasteiger charge is -2.49. The minimum atomic E-state index is -0.959. The fourth-order valence-corrected chi connectivity index (χ4v) is 3.95. The third kappa shape index (κ3) is 2.67. The van der Waals surface area contributed by atoms with Gasteiger partial charge in [0.05, 0.1) is 24.1 Å². The Bertz CT molecular complexity index is 470. The molecule has 3 saturated heterocycles. The van der Waals surface area contributed by atoms with Crippen LogP contribution in [0.4, 0.5) is 0 Å². The first-order valence-electron chi connectivity index (χ1n) is 8.05. The summed E-state index contributed by atoms with van der Waals surface area (Å²) < 4.78 is 6.02. The highest BCUT2D eigenvalue weighted by atomic mass is 16.5. The second kappa shape index (κ2) is 5.88. The van der Waals surface area contributed by atoms with Crippen molar-refractivity contribution >= 4 is 11.8 Å².